The van der Waals surface area contributed by atoms with Gasteiger partial charge in [-0.2, -0.15) is 0 Å². The summed E-state index contributed by atoms with van der Waals surface area (Å²) in [6.45, 7) is 1.57. The molecule has 1 aliphatic rings. The van der Waals surface area contributed by atoms with Gasteiger partial charge in [-0.15, -0.1) is 0 Å². The minimum absolute atomic E-state index is 0.407. The van der Waals surface area contributed by atoms with Crippen molar-refractivity contribution in [3.05, 3.63) is 58.9 Å². The lowest BCUT2D eigenvalue weighted by atomic mass is 10.0. The molecule has 0 amide bonds. The third kappa shape index (κ3) is 2.51. The summed E-state index contributed by atoms with van der Waals surface area (Å²) in [6, 6.07) is 10.6. The van der Waals surface area contributed by atoms with Gasteiger partial charge in [-0.05, 0) is 54.3 Å². The number of pyridine rings is 1. The molecule has 2 aromatic rings. The zero-order chi connectivity index (χ0) is 13.9. The molecule has 1 atom stereocenters. The maximum atomic E-state index is 6.07. The Morgan fingerprint density at radius 1 is 1.25 bits per heavy atom. The number of nitrogens with zero attached hydrogens (tertiary/aromatic N) is 2. The molecule has 3 nitrogen and oxygen atoms in total. The second-order valence-corrected chi connectivity index (χ2v) is 5.55. The fraction of sp³-hybridized carbons (Fsp3) is 0.312. The molecule has 104 valence electrons. The summed E-state index contributed by atoms with van der Waals surface area (Å²) in [7, 11) is 0. The number of hydrogen-bond acceptors (Lipinski definition) is 3. The van der Waals surface area contributed by atoms with Crippen molar-refractivity contribution < 1.29 is 0 Å². The number of rotatable bonds is 3. The Bertz CT molecular complexity index is 586. The summed E-state index contributed by atoms with van der Waals surface area (Å²) in [5, 5.41) is 0.744. The third-order valence-corrected chi connectivity index (χ3v) is 4.15. The maximum Gasteiger partial charge on any atom is 0.0544 e. The van der Waals surface area contributed by atoms with Crippen LogP contribution in [0.25, 0.3) is 0 Å². The predicted octanol–water partition coefficient (Wildman–Crippen LogP) is 3.54. The van der Waals surface area contributed by atoms with E-state index in [1.54, 1.807) is 0 Å². The lowest BCUT2D eigenvalue weighted by Gasteiger charge is -2.29. The molecular weight excluding hydrogens is 270 g/mol. The maximum absolute atomic E-state index is 6.07. The molecule has 1 aliphatic heterocycles. The number of benzene rings is 1. The van der Waals surface area contributed by atoms with E-state index in [2.05, 4.69) is 28.1 Å². The van der Waals surface area contributed by atoms with Gasteiger partial charge in [0.15, 0.2) is 0 Å². The van der Waals surface area contributed by atoms with E-state index in [0.29, 0.717) is 12.6 Å². The largest absolute Gasteiger partial charge is 0.364 e. The Balaban J connectivity index is 1.97. The van der Waals surface area contributed by atoms with E-state index >= 15 is 0 Å². The minimum Gasteiger partial charge on any atom is -0.364 e. The Morgan fingerprint density at radius 3 is 2.80 bits per heavy atom. The van der Waals surface area contributed by atoms with Crippen LogP contribution in [0.3, 0.4) is 0 Å². The van der Waals surface area contributed by atoms with Gasteiger partial charge in [0.25, 0.3) is 0 Å². The molecular formula is C16H18ClN3. The van der Waals surface area contributed by atoms with E-state index in [1.165, 1.54) is 17.7 Å². The van der Waals surface area contributed by atoms with Gasteiger partial charge >= 0.3 is 0 Å². The molecule has 2 heterocycles. The average molecular weight is 288 g/mol. The first-order valence-corrected chi connectivity index (χ1v) is 7.32. The summed E-state index contributed by atoms with van der Waals surface area (Å²) in [6.07, 6.45) is 6.07. The second kappa shape index (κ2) is 5.81. The highest BCUT2D eigenvalue weighted by molar-refractivity contribution is 6.30. The zero-order valence-electron chi connectivity index (χ0n) is 11.3. The normalized spacial score (nSPS) is 18.5. The topological polar surface area (TPSA) is 42.1 Å². The van der Waals surface area contributed by atoms with Gasteiger partial charge in [-0.1, -0.05) is 11.6 Å². The van der Waals surface area contributed by atoms with Crippen LogP contribution in [0.1, 0.15) is 30.0 Å². The van der Waals surface area contributed by atoms with Crippen LogP contribution in [0.2, 0.25) is 5.02 Å². The highest BCUT2D eigenvalue weighted by atomic mass is 35.5. The Morgan fingerprint density at radius 2 is 2.05 bits per heavy atom. The predicted molar refractivity (Wildman–Crippen MR) is 82.9 cm³/mol. The van der Waals surface area contributed by atoms with Crippen molar-refractivity contribution in [3.63, 3.8) is 0 Å². The number of aromatic nitrogens is 1. The molecule has 1 aromatic carbocycles. The van der Waals surface area contributed by atoms with Crippen molar-refractivity contribution in [2.45, 2.75) is 25.4 Å². The van der Waals surface area contributed by atoms with E-state index in [1.807, 2.05) is 24.5 Å². The molecule has 1 unspecified atom stereocenters. The second-order valence-electron chi connectivity index (χ2n) is 5.11. The van der Waals surface area contributed by atoms with Crippen molar-refractivity contribution in [2.75, 3.05) is 11.4 Å². The van der Waals surface area contributed by atoms with Gasteiger partial charge in [0.05, 0.1) is 6.04 Å². The highest BCUT2D eigenvalue weighted by Crippen LogP contribution is 2.38. The van der Waals surface area contributed by atoms with Crippen molar-refractivity contribution in [1.29, 1.82) is 0 Å². The average Bonchev–Trinajstić information content (AvgIpc) is 2.97. The van der Waals surface area contributed by atoms with Gasteiger partial charge < -0.3 is 10.6 Å². The Labute approximate surface area is 124 Å². The molecule has 0 radical (unpaired) electrons. The van der Waals surface area contributed by atoms with Crippen LogP contribution in [0.5, 0.6) is 0 Å². The quantitative estimate of drug-likeness (QED) is 0.939. The molecule has 1 fully saturated rings. The van der Waals surface area contributed by atoms with Crippen LogP contribution in [0.4, 0.5) is 5.69 Å². The first-order chi connectivity index (χ1) is 9.79. The van der Waals surface area contributed by atoms with E-state index in [0.717, 1.165) is 23.6 Å². The summed E-state index contributed by atoms with van der Waals surface area (Å²) >= 11 is 6.07. The molecule has 20 heavy (non-hydrogen) atoms. The molecule has 0 saturated carbocycles. The first kappa shape index (κ1) is 13.4. The molecule has 1 saturated heterocycles. The SMILES string of the molecule is NCc1cc(Cl)ccc1N1CCCC1c1ccncc1. The minimum atomic E-state index is 0.407. The molecule has 0 aliphatic carbocycles. The van der Waals surface area contributed by atoms with Gasteiger partial charge in [-0.25, -0.2) is 0 Å². The number of hydrogen-bond donors (Lipinski definition) is 1. The van der Waals surface area contributed by atoms with Gasteiger partial charge in [0.2, 0.25) is 0 Å². The van der Waals surface area contributed by atoms with Crippen LogP contribution in [-0.2, 0) is 6.54 Å². The van der Waals surface area contributed by atoms with Crippen LogP contribution >= 0.6 is 11.6 Å². The zero-order valence-corrected chi connectivity index (χ0v) is 12.1. The van der Waals surface area contributed by atoms with E-state index in [-0.39, 0.29) is 0 Å². The molecule has 0 spiro atoms. The number of halogens is 1. The standard InChI is InChI=1S/C16H18ClN3/c17-14-3-4-16(13(10-14)11-18)20-9-1-2-15(20)12-5-7-19-8-6-12/h3-8,10,15H,1-2,9,11,18H2. The Kier molecular flexibility index (Phi) is 3.90. The molecule has 0 bridgehead atoms. The van der Waals surface area contributed by atoms with Crippen LogP contribution in [0, 0.1) is 0 Å². The summed E-state index contributed by atoms with van der Waals surface area (Å²) in [5.74, 6) is 0. The molecule has 4 heteroatoms. The highest BCUT2D eigenvalue weighted by Gasteiger charge is 2.27. The fourth-order valence-corrected chi connectivity index (χ4v) is 3.18. The summed E-state index contributed by atoms with van der Waals surface area (Å²) in [5.41, 5.74) is 9.51. The molecule has 2 N–H and O–H groups in total. The van der Waals surface area contributed by atoms with E-state index in [4.69, 9.17) is 17.3 Å². The van der Waals surface area contributed by atoms with Crippen molar-refractivity contribution in [1.82, 2.24) is 4.98 Å². The summed E-state index contributed by atoms with van der Waals surface area (Å²) < 4.78 is 0. The van der Waals surface area contributed by atoms with Gasteiger partial charge in [0.1, 0.15) is 0 Å². The van der Waals surface area contributed by atoms with E-state index in [9.17, 15) is 0 Å². The van der Waals surface area contributed by atoms with Crippen LogP contribution in [-0.4, -0.2) is 11.5 Å². The molecule has 3 rings (SSSR count). The van der Waals surface area contributed by atoms with Gasteiger partial charge in [0, 0.05) is 36.2 Å². The third-order valence-electron chi connectivity index (χ3n) is 3.91. The van der Waals surface area contributed by atoms with Crippen LogP contribution in [0.15, 0.2) is 42.7 Å². The van der Waals surface area contributed by atoms with Gasteiger partial charge in [-0.3, -0.25) is 4.98 Å². The monoisotopic (exact) mass is 287 g/mol. The van der Waals surface area contributed by atoms with Crippen molar-refractivity contribution in [2.24, 2.45) is 5.73 Å². The van der Waals surface area contributed by atoms with Crippen molar-refractivity contribution >= 4 is 17.3 Å². The number of anilines is 1. The fourth-order valence-electron chi connectivity index (χ4n) is 2.98. The lowest BCUT2D eigenvalue weighted by Crippen LogP contribution is -2.24. The van der Waals surface area contributed by atoms with Crippen molar-refractivity contribution in [3.8, 4) is 0 Å². The molecule has 1 aromatic heterocycles. The number of nitrogens with two attached hydrogens (primary N) is 1. The smallest absolute Gasteiger partial charge is 0.0544 e. The first-order valence-electron chi connectivity index (χ1n) is 6.94. The van der Waals surface area contributed by atoms with E-state index < -0.39 is 0 Å². The Hall–Kier alpha value is -1.58. The lowest BCUT2D eigenvalue weighted by molar-refractivity contribution is 0.714. The summed E-state index contributed by atoms with van der Waals surface area (Å²) in [4.78, 5) is 6.54. The van der Waals surface area contributed by atoms with Crippen LogP contribution < -0.4 is 10.6 Å².